The van der Waals surface area contributed by atoms with Crippen LogP contribution in [-0.2, 0) is 14.3 Å². The van der Waals surface area contributed by atoms with Crippen molar-refractivity contribution in [2.24, 2.45) is 5.92 Å². The third-order valence-electron chi connectivity index (χ3n) is 7.44. The molecule has 6 atom stereocenters. The van der Waals surface area contributed by atoms with Gasteiger partial charge in [-0.05, 0) is 45.0 Å². The van der Waals surface area contributed by atoms with E-state index in [1.54, 1.807) is 37.1 Å². The molecule has 0 spiro atoms. The Balaban J connectivity index is 1.84. The van der Waals surface area contributed by atoms with Crippen LogP contribution in [0.25, 0.3) is 0 Å². The number of benzene rings is 1. The van der Waals surface area contributed by atoms with Crippen LogP contribution >= 0.6 is 0 Å². The van der Waals surface area contributed by atoms with Gasteiger partial charge < -0.3 is 35.0 Å². The van der Waals surface area contributed by atoms with E-state index in [4.69, 9.17) is 9.47 Å². The molecule has 1 aromatic rings. The Morgan fingerprint density at radius 1 is 1.20 bits per heavy atom. The van der Waals surface area contributed by atoms with Gasteiger partial charge in [-0.1, -0.05) is 31.4 Å². The van der Waals surface area contributed by atoms with Gasteiger partial charge in [-0.25, -0.2) is 13.6 Å². The maximum atomic E-state index is 13.8. The Kier molecular flexibility index (Phi) is 11.0. The van der Waals surface area contributed by atoms with Crippen LogP contribution in [0.3, 0.4) is 0 Å². The fourth-order valence-electron chi connectivity index (χ4n) is 5.12. The summed E-state index contributed by atoms with van der Waals surface area (Å²) in [6, 6.07) is 0.387. The average Bonchev–Trinajstić information content (AvgIpc) is 3.54. The summed E-state index contributed by atoms with van der Waals surface area (Å²) in [6.07, 6.45) is 3.42. The van der Waals surface area contributed by atoms with Gasteiger partial charge in [-0.15, -0.1) is 0 Å². The van der Waals surface area contributed by atoms with Crippen LogP contribution in [0.5, 0.6) is 5.75 Å². The zero-order chi connectivity index (χ0) is 30.3. The first-order valence-corrected chi connectivity index (χ1v) is 13.4. The number of likely N-dealkylation sites (N-methyl/N-ethyl adjacent to an activating group) is 1. The van der Waals surface area contributed by atoms with E-state index < -0.39 is 65.7 Å². The molecule has 3 N–H and O–H groups in total. The summed E-state index contributed by atoms with van der Waals surface area (Å²) in [5.74, 6) is -3.37. The minimum absolute atomic E-state index is 0.0173. The third kappa shape index (κ3) is 7.50. The molecule has 2 aliphatic rings. The first-order valence-electron chi connectivity index (χ1n) is 13.4. The normalized spacial score (nSPS) is 22.4. The number of aliphatic hydroxyl groups excluding tert-OH is 1. The molecule has 1 aromatic carbocycles. The summed E-state index contributed by atoms with van der Waals surface area (Å²) in [7, 11) is 1.60. The number of likely N-dealkylation sites (tertiary alicyclic amines) is 2. The molecule has 3 rings (SSSR count). The summed E-state index contributed by atoms with van der Waals surface area (Å²) in [4.78, 5) is 42.5. The Morgan fingerprint density at radius 2 is 1.93 bits per heavy atom. The fourth-order valence-corrected chi connectivity index (χ4v) is 5.12. The Bertz CT molecular complexity index is 1180. The second-order valence-corrected chi connectivity index (χ2v) is 10.2. The smallest absolute Gasteiger partial charge is 0.410 e. The topological polar surface area (TPSA) is 120 Å². The van der Waals surface area contributed by atoms with Gasteiger partial charge in [0.15, 0.2) is 11.6 Å². The van der Waals surface area contributed by atoms with E-state index >= 15 is 0 Å². The van der Waals surface area contributed by atoms with Crippen LogP contribution in [0.1, 0.15) is 20.3 Å². The van der Waals surface area contributed by atoms with Crippen molar-refractivity contribution in [3.8, 4) is 5.75 Å². The number of carbonyl (C=O) groups is 3. The summed E-state index contributed by atoms with van der Waals surface area (Å²) in [6.45, 7) is 10.7. The number of amides is 3. The van der Waals surface area contributed by atoms with E-state index in [9.17, 15) is 28.3 Å². The number of aliphatic hydroxyl groups is 1. The number of hydrogen-bond acceptors (Lipinski definition) is 7. The van der Waals surface area contributed by atoms with Gasteiger partial charge in [0.1, 0.15) is 18.4 Å². The highest BCUT2D eigenvalue weighted by molar-refractivity contribution is 5.90. The van der Waals surface area contributed by atoms with E-state index in [0.29, 0.717) is 12.0 Å². The first kappa shape index (κ1) is 31.8. The molecule has 2 heterocycles. The molecule has 2 fully saturated rings. The van der Waals surface area contributed by atoms with Crippen LogP contribution in [0, 0.1) is 17.6 Å². The lowest BCUT2D eigenvalue weighted by Crippen LogP contribution is -2.58. The third-order valence-corrected chi connectivity index (χ3v) is 7.44. The quantitative estimate of drug-likeness (QED) is 0.326. The average molecular weight is 577 g/mol. The summed E-state index contributed by atoms with van der Waals surface area (Å²) in [5, 5.41) is 15.8. The lowest BCUT2D eigenvalue weighted by molar-refractivity contribution is -0.141. The van der Waals surface area contributed by atoms with Crippen molar-refractivity contribution in [1.29, 1.82) is 0 Å². The van der Waals surface area contributed by atoms with Crippen LogP contribution in [0.15, 0.2) is 55.2 Å². The minimum atomic E-state index is -1.22. The predicted molar refractivity (Wildman–Crippen MR) is 148 cm³/mol. The van der Waals surface area contributed by atoms with Gasteiger partial charge in [-0.3, -0.25) is 9.59 Å². The van der Waals surface area contributed by atoms with Gasteiger partial charge in [-0.2, -0.15) is 0 Å². The second kappa shape index (κ2) is 14.2. The molecule has 10 nitrogen and oxygen atoms in total. The zero-order valence-corrected chi connectivity index (χ0v) is 23.5. The predicted octanol–water partition coefficient (Wildman–Crippen LogP) is 2.15. The molecule has 3 amide bonds. The molecule has 0 aliphatic carbocycles. The Labute approximate surface area is 238 Å². The van der Waals surface area contributed by atoms with Crippen LogP contribution in [-0.4, -0.2) is 96.4 Å². The number of ether oxygens (including phenoxy) is 2. The molecular weight excluding hydrogens is 538 g/mol. The lowest BCUT2D eigenvalue weighted by Gasteiger charge is -2.33. The minimum Gasteiger partial charge on any atom is -0.493 e. The number of rotatable bonds is 12. The summed E-state index contributed by atoms with van der Waals surface area (Å²) >= 11 is 0. The molecule has 2 aliphatic heterocycles. The summed E-state index contributed by atoms with van der Waals surface area (Å²) in [5.41, 5.74) is 0.650. The molecule has 41 heavy (non-hydrogen) atoms. The van der Waals surface area contributed by atoms with E-state index in [1.165, 1.54) is 17.9 Å². The molecule has 0 radical (unpaired) electrons. The maximum Gasteiger partial charge on any atom is 0.410 e. The molecular formula is C29H38F2N4O6. The number of fused-ring (bicyclic) bond motifs is 1. The number of nitrogens with one attached hydrogen (secondary N) is 2. The number of hydrogen-bond donors (Lipinski definition) is 3. The van der Waals surface area contributed by atoms with Crippen molar-refractivity contribution in [1.82, 2.24) is 20.4 Å². The molecule has 2 saturated heterocycles. The fraction of sp³-hybridized carbons (Fsp3) is 0.483. The summed E-state index contributed by atoms with van der Waals surface area (Å²) < 4.78 is 38.4. The van der Waals surface area contributed by atoms with Crippen molar-refractivity contribution >= 4 is 17.9 Å². The highest BCUT2D eigenvalue weighted by Gasteiger charge is 2.53. The van der Waals surface area contributed by atoms with Crippen molar-refractivity contribution < 1.29 is 37.7 Å². The lowest BCUT2D eigenvalue weighted by atomic mass is 9.99. The van der Waals surface area contributed by atoms with E-state index in [-0.39, 0.29) is 32.1 Å². The zero-order valence-electron chi connectivity index (χ0n) is 23.5. The number of halogens is 2. The van der Waals surface area contributed by atoms with Gasteiger partial charge in [0, 0.05) is 25.1 Å². The molecule has 224 valence electrons. The van der Waals surface area contributed by atoms with Crippen molar-refractivity contribution in [2.45, 2.75) is 50.5 Å². The van der Waals surface area contributed by atoms with E-state index in [2.05, 4.69) is 23.8 Å². The SMILES string of the molecule is C=C/C=C(\C=C)COC(=O)N1C[C@H](COc2ccc(F)c(F)c2)[C@@H]2[C@H]1CCN2C(=O)C(NC(=O)[C@H](C)NC)C(C)O. The highest BCUT2D eigenvalue weighted by Crippen LogP contribution is 2.37. The molecule has 0 saturated carbocycles. The van der Waals surface area contributed by atoms with Crippen LogP contribution in [0.2, 0.25) is 0 Å². The van der Waals surface area contributed by atoms with Crippen LogP contribution < -0.4 is 15.4 Å². The highest BCUT2D eigenvalue weighted by atomic mass is 19.2. The molecule has 0 bridgehead atoms. The van der Waals surface area contributed by atoms with Crippen molar-refractivity contribution in [3.63, 3.8) is 0 Å². The van der Waals surface area contributed by atoms with Crippen molar-refractivity contribution in [2.75, 3.05) is 33.4 Å². The van der Waals surface area contributed by atoms with E-state index in [0.717, 1.165) is 12.1 Å². The standard InChI is InChI=1S/C29H38F2N4O6/c1-6-8-19(7-2)15-41-29(39)35-14-20(16-40-21-9-10-22(30)23(31)13-21)26-24(35)11-12-34(26)28(38)25(18(4)36)33-27(37)17(3)32-5/h6-10,13,17-18,20,24-26,32,36H,1-2,11-12,14-16H2,3-5H3,(H,33,37)/b19-8+/t17-,18?,20+,24+,25?,26+/m0/s1. The number of nitrogens with zero attached hydrogens (tertiary/aromatic N) is 2. The number of allylic oxidation sites excluding steroid dienone is 2. The first-order chi connectivity index (χ1) is 19.5. The van der Waals surface area contributed by atoms with Gasteiger partial charge >= 0.3 is 6.09 Å². The monoisotopic (exact) mass is 576 g/mol. The maximum absolute atomic E-state index is 13.8. The number of carbonyl (C=O) groups excluding carboxylic acids is 3. The Morgan fingerprint density at radius 3 is 2.54 bits per heavy atom. The van der Waals surface area contributed by atoms with Crippen molar-refractivity contribution in [3.05, 3.63) is 66.8 Å². The van der Waals surface area contributed by atoms with Gasteiger partial charge in [0.25, 0.3) is 0 Å². The molecule has 0 aromatic heterocycles. The second-order valence-electron chi connectivity index (χ2n) is 10.2. The van der Waals surface area contributed by atoms with Gasteiger partial charge in [0.2, 0.25) is 11.8 Å². The van der Waals surface area contributed by atoms with E-state index in [1.807, 2.05) is 0 Å². The molecule has 2 unspecified atom stereocenters. The van der Waals surface area contributed by atoms with Crippen LogP contribution in [0.4, 0.5) is 13.6 Å². The van der Waals surface area contributed by atoms with Gasteiger partial charge in [0.05, 0.1) is 30.8 Å². The largest absolute Gasteiger partial charge is 0.493 e. The molecule has 12 heteroatoms. The Hall–Kier alpha value is -3.77.